The lowest BCUT2D eigenvalue weighted by Crippen LogP contribution is -2.10. The molecule has 0 atom stereocenters. The van der Waals surface area contributed by atoms with Crippen molar-refractivity contribution in [2.45, 2.75) is 26.2 Å². The van der Waals surface area contributed by atoms with Crippen molar-refractivity contribution in [3.63, 3.8) is 0 Å². The van der Waals surface area contributed by atoms with E-state index in [9.17, 15) is 4.79 Å². The molecule has 0 aromatic carbocycles. The molecule has 1 rings (SSSR count). The summed E-state index contributed by atoms with van der Waals surface area (Å²) in [6.45, 7) is 6.08. The fourth-order valence-electron chi connectivity index (χ4n) is 0.551. The molecular weight excluding hydrogens is 148 g/mol. The van der Waals surface area contributed by atoms with Crippen LogP contribution >= 0.6 is 11.3 Å². The highest BCUT2D eigenvalue weighted by Gasteiger charge is 2.17. The Hall–Kier alpha value is -0.640. The summed E-state index contributed by atoms with van der Waals surface area (Å²) in [7, 11) is 0. The van der Waals surface area contributed by atoms with Crippen molar-refractivity contribution in [1.82, 2.24) is 10.2 Å². The molecule has 0 saturated heterocycles. The van der Waals surface area contributed by atoms with Crippen molar-refractivity contribution >= 4 is 11.3 Å². The van der Waals surface area contributed by atoms with Crippen LogP contribution in [-0.4, -0.2) is 10.2 Å². The van der Waals surface area contributed by atoms with Crippen molar-refractivity contribution in [2.24, 2.45) is 0 Å². The third-order valence-corrected chi connectivity index (χ3v) is 2.25. The molecule has 10 heavy (non-hydrogen) atoms. The van der Waals surface area contributed by atoms with Crippen LogP contribution in [0.5, 0.6) is 0 Å². The first-order chi connectivity index (χ1) is 4.50. The van der Waals surface area contributed by atoms with Crippen molar-refractivity contribution in [3.05, 3.63) is 14.7 Å². The number of aromatic nitrogens is 2. The monoisotopic (exact) mass is 158 g/mol. The molecular formula is C6H10N2OS. The van der Waals surface area contributed by atoms with Gasteiger partial charge in [-0.2, -0.15) is 5.10 Å². The average molecular weight is 158 g/mol. The van der Waals surface area contributed by atoms with Crippen molar-refractivity contribution in [1.29, 1.82) is 0 Å². The molecule has 1 aromatic rings. The molecule has 0 bridgehead atoms. The Bertz CT molecular complexity index is 268. The predicted molar refractivity (Wildman–Crippen MR) is 41.4 cm³/mol. The van der Waals surface area contributed by atoms with Gasteiger partial charge < -0.3 is 0 Å². The van der Waals surface area contributed by atoms with Crippen molar-refractivity contribution in [2.75, 3.05) is 0 Å². The van der Waals surface area contributed by atoms with E-state index in [2.05, 4.69) is 10.2 Å². The van der Waals surface area contributed by atoms with Gasteiger partial charge in [-0.15, -0.1) is 0 Å². The summed E-state index contributed by atoms with van der Waals surface area (Å²) in [5.41, 5.74) is -0.0101. The highest BCUT2D eigenvalue weighted by Crippen LogP contribution is 2.20. The summed E-state index contributed by atoms with van der Waals surface area (Å²) in [5.74, 6) is 0. The minimum absolute atomic E-state index is 0.0101. The highest BCUT2D eigenvalue weighted by atomic mass is 32.1. The molecule has 1 heterocycles. The molecule has 0 aliphatic rings. The zero-order valence-corrected chi connectivity index (χ0v) is 7.08. The smallest absolute Gasteiger partial charge is 0.255 e. The normalized spacial score (nSPS) is 11.9. The number of rotatable bonds is 0. The number of aromatic amines is 1. The van der Waals surface area contributed by atoms with Gasteiger partial charge in [0.1, 0.15) is 5.01 Å². The Morgan fingerprint density at radius 3 is 2.30 bits per heavy atom. The number of H-pyrrole nitrogens is 1. The van der Waals surface area contributed by atoms with Crippen LogP contribution in [0, 0.1) is 0 Å². The summed E-state index contributed by atoms with van der Waals surface area (Å²) in [4.78, 5) is 10.6. The van der Waals surface area contributed by atoms with Gasteiger partial charge in [-0.1, -0.05) is 32.1 Å². The van der Waals surface area contributed by atoms with Gasteiger partial charge in [0.2, 0.25) is 0 Å². The molecule has 0 saturated carbocycles. The molecule has 1 N–H and O–H groups in total. The lowest BCUT2D eigenvalue weighted by molar-refractivity contribution is 0.578. The second-order valence-electron chi connectivity index (χ2n) is 3.17. The molecule has 0 radical (unpaired) electrons. The molecule has 4 heteroatoms. The SMILES string of the molecule is CC(C)(C)c1n[nH]c(=O)s1. The van der Waals surface area contributed by atoms with Gasteiger partial charge in [-0.05, 0) is 0 Å². The van der Waals surface area contributed by atoms with Crippen LogP contribution in [0.25, 0.3) is 0 Å². The first-order valence-electron chi connectivity index (χ1n) is 3.06. The fraction of sp³-hybridized carbons (Fsp3) is 0.667. The lowest BCUT2D eigenvalue weighted by Gasteiger charge is -2.11. The van der Waals surface area contributed by atoms with Gasteiger partial charge in [-0.25, -0.2) is 5.10 Å². The van der Waals surface area contributed by atoms with E-state index >= 15 is 0 Å². The Balaban J connectivity index is 3.07. The Morgan fingerprint density at radius 1 is 1.50 bits per heavy atom. The van der Waals surface area contributed by atoms with Crippen LogP contribution in [0.15, 0.2) is 4.79 Å². The van der Waals surface area contributed by atoms with Gasteiger partial charge in [-0.3, -0.25) is 4.79 Å². The van der Waals surface area contributed by atoms with Crippen LogP contribution < -0.4 is 4.87 Å². The van der Waals surface area contributed by atoms with Crippen molar-refractivity contribution in [3.8, 4) is 0 Å². The minimum atomic E-state index is -0.0788. The Labute approximate surface area is 63.1 Å². The van der Waals surface area contributed by atoms with Crippen LogP contribution in [0.3, 0.4) is 0 Å². The molecule has 0 spiro atoms. The molecule has 56 valence electrons. The Kier molecular flexibility index (Phi) is 1.64. The van der Waals surface area contributed by atoms with Crippen LogP contribution in [0.4, 0.5) is 0 Å². The number of nitrogens with zero attached hydrogens (tertiary/aromatic N) is 1. The molecule has 0 amide bonds. The first kappa shape index (κ1) is 7.47. The van der Waals surface area contributed by atoms with Crippen LogP contribution in [0.1, 0.15) is 25.8 Å². The van der Waals surface area contributed by atoms with Crippen molar-refractivity contribution < 1.29 is 0 Å². The summed E-state index contributed by atoms with van der Waals surface area (Å²) in [6, 6.07) is 0. The number of hydrogen-bond donors (Lipinski definition) is 1. The van der Waals surface area contributed by atoms with Gasteiger partial charge in [0, 0.05) is 5.41 Å². The third-order valence-electron chi connectivity index (χ3n) is 1.08. The highest BCUT2D eigenvalue weighted by molar-refractivity contribution is 7.09. The first-order valence-corrected chi connectivity index (χ1v) is 3.88. The van der Waals surface area contributed by atoms with Gasteiger partial charge >= 0.3 is 4.87 Å². The summed E-state index contributed by atoms with van der Waals surface area (Å²) >= 11 is 1.17. The molecule has 0 aliphatic heterocycles. The zero-order chi connectivity index (χ0) is 7.78. The van der Waals surface area contributed by atoms with Crippen LogP contribution in [-0.2, 0) is 5.41 Å². The van der Waals surface area contributed by atoms with E-state index in [0.717, 1.165) is 5.01 Å². The second-order valence-corrected chi connectivity index (χ2v) is 4.13. The number of hydrogen-bond acceptors (Lipinski definition) is 3. The van der Waals surface area contributed by atoms with E-state index in [0.29, 0.717) is 0 Å². The van der Waals surface area contributed by atoms with Gasteiger partial charge in [0.25, 0.3) is 0 Å². The summed E-state index contributed by atoms with van der Waals surface area (Å²) in [6.07, 6.45) is 0. The topological polar surface area (TPSA) is 45.8 Å². The molecule has 0 unspecified atom stereocenters. The zero-order valence-electron chi connectivity index (χ0n) is 6.26. The van der Waals surface area contributed by atoms with E-state index in [-0.39, 0.29) is 10.3 Å². The van der Waals surface area contributed by atoms with E-state index < -0.39 is 0 Å². The van der Waals surface area contributed by atoms with Gasteiger partial charge in [0.15, 0.2) is 0 Å². The summed E-state index contributed by atoms with van der Waals surface area (Å²) < 4.78 is 0. The minimum Gasteiger partial charge on any atom is -0.255 e. The maximum absolute atomic E-state index is 10.6. The van der Waals surface area contributed by atoms with E-state index in [1.165, 1.54) is 11.3 Å². The predicted octanol–water partition coefficient (Wildman–Crippen LogP) is 1.13. The largest absolute Gasteiger partial charge is 0.322 e. The average Bonchev–Trinajstić information content (AvgIpc) is 2.11. The number of nitrogens with one attached hydrogen (secondary N) is 1. The molecule has 0 fully saturated rings. The maximum Gasteiger partial charge on any atom is 0.322 e. The Morgan fingerprint density at radius 2 is 2.10 bits per heavy atom. The molecule has 1 aromatic heterocycles. The molecule has 3 nitrogen and oxygen atoms in total. The van der Waals surface area contributed by atoms with E-state index in [1.54, 1.807) is 0 Å². The van der Waals surface area contributed by atoms with E-state index in [1.807, 2.05) is 20.8 Å². The third kappa shape index (κ3) is 1.44. The lowest BCUT2D eigenvalue weighted by atomic mass is 9.98. The molecule has 0 aliphatic carbocycles. The second kappa shape index (κ2) is 2.20. The van der Waals surface area contributed by atoms with Gasteiger partial charge in [0.05, 0.1) is 0 Å². The maximum atomic E-state index is 10.6. The summed E-state index contributed by atoms with van der Waals surface area (Å²) in [5, 5.41) is 7.11. The van der Waals surface area contributed by atoms with Crippen LogP contribution in [0.2, 0.25) is 0 Å². The fourth-order valence-corrected chi connectivity index (χ4v) is 1.22. The quantitative estimate of drug-likeness (QED) is 0.615. The standard InChI is InChI=1S/C6H10N2OS/c1-6(2,3)4-7-8-5(9)10-4/h1-3H3,(H,8,9). The van der Waals surface area contributed by atoms with E-state index in [4.69, 9.17) is 0 Å².